The molecule has 0 aliphatic carbocycles. The van der Waals surface area contributed by atoms with E-state index in [4.69, 9.17) is 5.73 Å². The molecule has 0 spiro atoms. The van der Waals surface area contributed by atoms with Gasteiger partial charge in [-0.05, 0) is 36.2 Å². The van der Waals surface area contributed by atoms with E-state index in [1.807, 2.05) is 43.3 Å². The Balaban J connectivity index is 1.98. The average Bonchev–Trinajstić information content (AvgIpc) is 2.38. The van der Waals surface area contributed by atoms with Crippen LogP contribution in [0, 0.1) is 6.92 Å². The van der Waals surface area contributed by atoms with Gasteiger partial charge in [-0.15, -0.1) is 0 Å². The molecular formula is C15H18N2O. The Labute approximate surface area is 107 Å². The minimum atomic E-state index is -0.537. The number of aliphatic hydroxyl groups is 1. The Hall–Kier alpha value is -2.00. The summed E-state index contributed by atoms with van der Waals surface area (Å²) in [7, 11) is 0. The molecule has 1 unspecified atom stereocenters. The number of anilines is 2. The molecule has 0 heterocycles. The van der Waals surface area contributed by atoms with Crippen LogP contribution < -0.4 is 11.1 Å². The monoisotopic (exact) mass is 242 g/mol. The van der Waals surface area contributed by atoms with E-state index in [0.29, 0.717) is 12.2 Å². The third-order valence-corrected chi connectivity index (χ3v) is 2.95. The first-order chi connectivity index (χ1) is 8.66. The second-order valence-corrected chi connectivity index (χ2v) is 4.38. The molecule has 0 aliphatic heterocycles. The zero-order valence-corrected chi connectivity index (χ0v) is 10.4. The van der Waals surface area contributed by atoms with Crippen LogP contribution in [-0.2, 0) is 0 Å². The molecule has 18 heavy (non-hydrogen) atoms. The number of rotatable bonds is 4. The number of hydrogen-bond acceptors (Lipinski definition) is 3. The molecule has 0 radical (unpaired) electrons. The topological polar surface area (TPSA) is 58.3 Å². The third kappa shape index (κ3) is 3.02. The number of nitrogens with one attached hydrogen (secondary N) is 1. The normalized spacial score (nSPS) is 12.1. The summed E-state index contributed by atoms with van der Waals surface area (Å²) in [5.41, 5.74) is 9.40. The van der Waals surface area contributed by atoms with Crippen molar-refractivity contribution in [2.24, 2.45) is 0 Å². The van der Waals surface area contributed by atoms with Gasteiger partial charge in [0.1, 0.15) is 0 Å². The summed E-state index contributed by atoms with van der Waals surface area (Å²) in [5, 5.41) is 13.3. The molecule has 0 saturated heterocycles. The van der Waals surface area contributed by atoms with Gasteiger partial charge in [-0.2, -0.15) is 0 Å². The standard InChI is InChI=1S/C15H18N2O/c1-11-4-2-3-5-14(11)17-10-15(18)12-6-8-13(16)9-7-12/h2-9,15,17-18H,10,16H2,1H3. The second-order valence-electron chi connectivity index (χ2n) is 4.38. The lowest BCUT2D eigenvalue weighted by molar-refractivity contribution is 0.191. The van der Waals surface area contributed by atoms with Crippen LogP contribution in [0.4, 0.5) is 11.4 Å². The zero-order valence-electron chi connectivity index (χ0n) is 10.4. The molecule has 0 aromatic heterocycles. The van der Waals surface area contributed by atoms with Crippen molar-refractivity contribution in [1.82, 2.24) is 0 Å². The highest BCUT2D eigenvalue weighted by atomic mass is 16.3. The van der Waals surface area contributed by atoms with E-state index in [1.54, 1.807) is 12.1 Å². The lowest BCUT2D eigenvalue weighted by Crippen LogP contribution is -2.12. The van der Waals surface area contributed by atoms with Crippen molar-refractivity contribution >= 4 is 11.4 Å². The largest absolute Gasteiger partial charge is 0.399 e. The maximum absolute atomic E-state index is 10.1. The summed E-state index contributed by atoms with van der Waals surface area (Å²) in [5.74, 6) is 0. The first-order valence-corrected chi connectivity index (χ1v) is 6.00. The van der Waals surface area contributed by atoms with Gasteiger partial charge in [0, 0.05) is 17.9 Å². The molecule has 94 valence electrons. The highest BCUT2D eigenvalue weighted by Gasteiger charge is 2.07. The van der Waals surface area contributed by atoms with Crippen molar-refractivity contribution in [1.29, 1.82) is 0 Å². The number of aliphatic hydroxyl groups excluding tert-OH is 1. The van der Waals surface area contributed by atoms with E-state index in [-0.39, 0.29) is 0 Å². The molecule has 3 heteroatoms. The fraction of sp³-hybridized carbons (Fsp3) is 0.200. The quantitative estimate of drug-likeness (QED) is 0.722. The molecule has 1 atom stereocenters. The molecule has 0 aliphatic rings. The van der Waals surface area contributed by atoms with Gasteiger partial charge < -0.3 is 16.2 Å². The number of nitrogen functional groups attached to an aromatic ring is 1. The minimum Gasteiger partial charge on any atom is -0.399 e. The van der Waals surface area contributed by atoms with Gasteiger partial charge in [-0.1, -0.05) is 30.3 Å². The molecule has 3 nitrogen and oxygen atoms in total. The van der Waals surface area contributed by atoms with Crippen molar-refractivity contribution in [2.45, 2.75) is 13.0 Å². The van der Waals surface area contributed by atoms with Crippen LogP contribution in [0.2, 0.25) is 0 Å². The molecule has 0 saturated carbocycles. The maximum Gasteiger partial charge on any atom is 0.0962 e. The van der Waals surface area contributed by atoms with E-state index >= 15 is 0 Å². The number of benzene rings is 2. The van der Waals surface area contributed by atoms with Crippen LogP contribution >= 0.6 is 0 Å². The van der Waals surface area contributed by atoms with Gasteiger partial charge in [0.05, 0.1) is 6.10 Å². The van der Waals surface area contributed by atoms with Crippen molar-refractivity contribution in [2.75, 3.05) is 17.6 Å². The van der Waals surface area contributed by atoms with Gasteiger partial charge >= 0.3 is 0 Å². The number of hydrogen-bond donors (Lipinski definition) is 3. The van der Waals surface area contributed by atoms with Crippen LogP contribution in [0.5, 0.6) is 0 Å². The predicted octanol–water partition coefficient (Wildman–Crippen LogP) is 2.72. The van der Waals surface area contributed by atoms with Gasteiger partial charge in [0.15, 0.2) is 0 Å². The number of aryl methyl sites for hydroxylation is 1. The Morgan fingerprint density at radius 1 is 1.11 bits per heavy atom. The predicted molar refractivity (Wildman–Crippen MR) is 75.5 cm³/mol. The Morgan fingerprint density at radius 3 is 2.44 bits per heavy atom. The van der Waals surface area contributed by atoms with E-state index in [9.17, 15) is 5.11 Å². The summed E-state index contributed by atoms with van der Waals surface area (Å²) in [4.78, 5) is 0. The zero-order chi connectivity index (χ0) is 13.0. The first kappa shape index (κ1) is 12.5. The summed E-state index contributed by atoms with van der Waals surface area (Å²) < 4.78 is 0. The molecule has 0 fully saturated rings. The Morgan fingerprint density at radius 2 is 1.78 bits per heavy atom. The van der Waals surface area contributed by atoms with Crippen molar-refractivity contribution in [3.05, 3.63) is 59.7 Å². The van der Waals surface area contributed by atoms with Crippen molar-refractivity contribution in [3.8, 4) is 0 Å². The summed E-state index contributed by atoms with van der Waals surface area (Å²) in [6.07, 6.45) is -0.537. The highest BCUT2D eigenvalue weighted by molar-refractivity contribution is 5.50. The lowest BCUT2D eigenvalue weighted by atomic mass is 10.1. The van der Waals surface area contributed by atoms with E-state index in [0.717, 1.165) is 11.3 Å². The van der Waals surface area contributed by atoms with Crippen molar-refractivity contribution < 1.29 is 5.11 Å². The lowest BCUT2D eigenvalue weighted by Gasteiger charge is -2.14. The minimum absolute atomic E-state index is 0.481. The van der Waals surface area contributed by atoms with E-state index in [1.165, 1.54) is 5.56 Å². The third-order valence-electron chi connectivity index (χ3n) is 2.95. The SMILES string of the molecule is Cc1ccccc1NCC(O)c1ccc(N)cc1. The molecular weight excluding hydrogens is 224 g/mol. The summed E-state index contributed by atoms with van der Waals surface area (Å²) >= 11 is 0. The van der Waals surface area contributed by atoms with Crippen LogP contribution in [0.3, 0.4) is 0 Å². The van der Waals surface area contributed by atoms with Crippen LogP contribution in [0.1, 0.15) is 17.2 Å². The Bertz CT molecular complexity index is 508. The maximum atomic E-state index is 10.1. The van der Waals surface area contributed by atoms with Gasteiger partial charge in [0.2, 0.25) is 0 Å². The van der Waals surface area contributed by atoms with E-state index < -0.39 is 6.10 Å². The second kappa shape index (κ2) is 5.56. The van der Waals surface area contributed by atoms with Crippen molar-refractivity contribution in [3.63, 3.8) is 0 Å². The Kier molecular flexibility index (Phi) is 3.85. The highest BCUT2D eigenvalue weighted by Crippen LogP contribution is 2.18. The summed E-state index contributed by atoms with van der Waals surface area (Å²) in [6, 6.07) is 15.3. The van der Waals surface area contributed by atoms with Gasteiger partial charge in [0.25, 0.3) is 0 Å². The number of para-hydroxylation sites is 1. The van der Waals surface area contributed by atoms with Gasteiger partial charge in [-0.25, -0.2) is 0 Å². The molecule has 2 aromatic carbocycles. The summed E-state index contributed by atoms with van der Waals surface area (Å²) in [6.45, 7) is 2.52. The van der Waals surface area contributed by atoms with E-state index in [2.05, 4.69) is 5.32 Å². The molecule has 2 rings (SSSR count). The van der Waals surface area contributed by atoms with Crippen LogP contribution in [0.15, 0.2) is 48.5 Å². The molecule has 4 N–H and O–H groups in total. The average molecular weight is 242 g/mol. The van der Waals surface area contributed by atoms with Crippen LogP contribution in [-0.4, -0.2) is 11.7 Å². The number of nitrogens with two attached hydrogens (primary N) is 1. The fourth-order valence-corrected chi connectivity index (χ4v) is 1.81. The molecule has 0 bridgehead atoms. The van der Waals surface area contributed by atoms with Crippen LogP contribution in [0.25, 0.3) is 0 Å². The van der Waals surface area contributed by atoms with Gasteiger partial charge in [-0.3, -0.25) is 0 Å². The smallest absolute Gasteiger partial charge is 0.0962 e. The molecule has 0 amide bonds. The fourth-order valence-electron chi connectivity index (χ4n) is 1.81. The molecule has 2 aromatic rings. The first-order valence-electron chi connectivity index (χ1n) is 6.00.